The maximum Gasteiger partial charge on any atom is 0.317 e. The minimum Gasteiger partial charge on any atom is -0.493 e. The van der Waals surface area contributed by atoms with Gasteiger partial charge in [-0.05, 0) is 53.9 Å². The number of hydrogen-bond donors (Lipinski definition) is 2. The summed E-state index contributed by atoms with van der Waals surface area (Å²) in [7, 11) is 3.20. The number of benzene rings is 2. The summed E-state index contributed by atoms with van der Waals surface area (Å²) in [6, 6.07) is 16.5. The number of amides is 3. The van der Waals surface area contributed by atoms with Crippen molar-refractivity contribution in [2.24, 2.45) is 0 Å². The molecule has 2 aromatic carbocycles. The Labute approximate surface area is 227 Å². The number of nitrogens with zero attached hydrogens (tertiary/aromatic N) is 3. The van der Waals surface area contributed by atoms with Gasteiger partial charge >= 0.3 is 6.03 Å². The minimum atomic E-state index is -0.184. The number of rotatable bonds is 9. The van der Waals surface area contributed by atoms with Gasteiger partial charge in [0.05, 0.1) is 19.8 Å². The van der Waals surface area contributed by atoms with E-state index < -0.39 is 0 Å². The molecule has 2 heterocycles. The van der Waals surface area contributed by atoms with E-state index in [4.69, 9.17) is 21.1 Å². The van der Waals surface area contributed by atoms with Crippen LogP contribution in [0.4, 0.5) is 10.6 Å². The highest BCUT2D eigenvalue weighted by Crippen LogP contribution is 2.27. The molecule has 0 radical (unpaired) electrons. The van der Waals surface area contributed by atoms with E-state index in [-0.39, 0.29) is 11.9 Å². The Balaban J connectivity index is 1.29. The van der Waals surface area contributed by atoms with E-state index in [1.165, 1.54) is 0 Å². The minimum absolute atomic E-state index is 0.117. The van der Waals surface area contributed by atoms with Crippen molar-refractivity contribution in [3.8, 4) is 11.5 Å². The number of anilines is 1. The summed E-state index contributed by atoms with van der Waals surface area (Å²) in [5, 5.41) is 6.61. The van der Waals surface area contributed by atoms with E-state index in [0.717, 1.165) is 11.1 Å². The number of nitrogens with one attached hydrogen (secondary N) is 2. The molecule has 0 spiro atoms. The van der Waals surface area contributed by atoms with Gasteiger partial charge in [0.1, 0.15) is 5.82 Å². The van der Waals surface area contributed by atoms with E-state index in [1.807, 2.05) is 35.2 Å². The predicted octanol–water partition coefficient (Wildman–Crippen LogP) is 3.76. The normalized spacial score (nSPS) is 13.1. The second-order valence-corrected chi connectivity index (χ2v) is 9.27. The number of carbonyl (C=O) groups is 2. The standard InChI is InChI=1S/C28H32ClN5O4/c1-37-24-10-7-20(18-25(24)38-2)11-13-31-27(35)23-4-3-12-30-26(23)33-14-16-34(17-15-33)28(36)32-19-21-5-8-22(29)9-6-21/h3-10,12,18H,11,13-17,19H2,1-2H3,(H,31,35)(H,32,36). The lowest BCUT2D eigenvalue weighted by atomic mass is 10.1. The van der Waals surface area contributed by atoms with Crippen LogP contribution in [0.2, 0.25) is 5.02 Å². The van der Waals surface area contributed by atoms with Crippen molar-refractivity contribution in [3.05, 3.63) is 82.5 Å². The van der Waals surface area contributed by atoms with Gasteiger partial charge in [-0.15, -0.1) is 0 Å². The maximum absolute atomic E-state index is 13.0. The van der Waals surface area contributed by atoms with Crippen LogP contribution in [0.15, 0.2) is 60.8 Å². The Morgan fingerprint density at radius 3 is 2.34 bits per heavy atom. The number of halogens is 1. The first-order valence-electron chi connectivity index (χ1n) is 12.4. The van der Waals surface area contributed by atoms with Gasteiger partial charge < -0.3 is 29.9 Å². The molecule has 1 fully saturated rings. The molecule has 0 bridgehead atoms. The van der Waals surface area contributed by atoms with Crippen LogP contribution < -0.4 is 25.0 Å². The molecule has 0 aliphatic carbocycles. The Kier molecular flexibility index (Phi) is 9.26. The molecule has 2 N–H and O–H groups in total. The Morgan fingerprint density at radius 1 is 0.921 bits per heavy atom. The molecule has 1 saturated heterocycles. The van der Waals surface area contributed by atoms with E-state index in [0.29, 0.717) is 73.6 Å². The van der Waals surface area contributed by atoms with Crippen LogP contribution in [0.5, 0.6) is 11.5 Å². The van der Waals surface area contributed by atoms with Crippen LogP contribution >= 0.6 is 11.6 Å². The van der Waals surface area contributed by atoms with Crippen molar-refractivity contribution >= 4 is 29.4 Å². The van der Waals surface area contributed by atoms with E-state index in [9.17, 15) is 9.59 Å². The monoisotopic (exact) mass is 537 g/mol. The molecular weight excluding hydrogens is 506 g/mol. The third-order valence-electron chi connectivity index (χ3n) is 6.40. The molecule has 200 valence electrons. The summed E-state index contributed by atoms with van der Waals surface area (Å²) in [6.45, 7) is 3.12. The number of piperazine rings is 1. The number of pyridine rings is 1. The fraction of sp³-hybridized carbons (Fsp3) is 0.321. The summed E-state index contributed by atoms with van der Waals surface area (Å²) >= 11 is 5.92. The fourth-order valence-electron chi connectivity index (χ4n) is 4.29. The average molecular weight is 538 g/mol. The molecule has 9 nitrogen and oxygen atoms in total. The topological polar surface area (TPSA) is 96.0 Å². The summed E-state index contributed by atoms with van der Waals surface area (Å²) in [4.78, 5) is 34.0. The lowest BCUT2D eigenvalue weighted by molar-refractivity contribution is 0.0954. The first-order valence-corrected chi connectivity index (χ1v) is 12.8. The molecule has 3 amide bonds. The molecule has 10 heteroatoms. The molecule has 4 rings (SSSR count). The van der Waals surface area contributed by atoms with E-state index in [2.05, 4.69) is 15.6 Å². The van der Waals surface area contributed by atoms with Crippen molar-refractivity contribution < 1.29 is 19.1 Å². The van der Waals surface area contributed by atoms with Gasteiger partial charge in [0, 0.05) is 50.5 Å². The van der Waals surface area contributed by atoms with Crippen molar-refractivity contribution in [2.75, 3.05) is 51.8 Å². The first-order chi connectivity index (χ1) is 18.5. The molecule has 3 aromatic rings. The zero-order chi connectivity index (χ0) is 26.9. The number of aromatic nitrogens is 1. The average Bonchev–Trinajstić information content (AvgIpc) is 2.96. The fourth-order valence-corrected chi connectivity index (χ4v) is 4.42. The van der Waals surface area contributed by atoms with Crippen molar-refractivity contribution in [1.29, 1.82) is 0 Å². The molecule has 0 atom stereocenters. The SMILES string of the molecule is COc1ccc(CCNC(=O)c2cccnc2N2CCN(C(=O)NCc3ccc(Cl)cc3)CC2)cc1OC. The van der Waals surface area contributed by atoms with Crippen LogP contribution in [0.3, 0.4) is 0 Å². The van der Waals surface area contributed by atoms with Crippen LogP contribution in [-0.4, -0.2) is 68.8 Å². The number of hydrogen-bond acceptors (Lipinski definition) is 6. The molecule has 1 aliphatic rings. The number of urea groups is 1. The molecule has 0 saturated carbocycles. The van der Waals surface area contributed by atoms with Gasteiger partial charge in [0.25, 0.3) is 5.91 Å². The van der Waals surface area contributed by atoms with Crippen LogP contribution in [0.1, 0.15) is 21.5 Å². The Morgan fingerprint density at radius 2 is 1.63 bits per heavy atom. The van der Waals surface area contributed by atoms with Gasteiger partial charge in [-0.1, -0.05) is 29.8 Å². The molecule has 1 aromatic heterocycles. The highest BCUT2D eigenvalue weighted by atomic mass is 35.5. The quantitative estimate of drug-likeness (QED) is 0.431. The smallest absolute Gasteiger partial charge is 0.317 e. The van der Waals surface area contributed by atoms with Gasteiger partial charge in [-0.3, -0.25) is 4.79 Å². The first kappa shape index (κ1) is 27.1. The molecular formula is C28H32ClN5O4. The summed E-state index contributed by atoms with van der Waals surface area (Å²) in [5.74, 6) is 1.76. The third kappa shape index (κ3) is 6.86. The number of ether oxygens (including phenoxy) is 2. The van der Waals surface area contributed by atoms with E-state index >= 15 is 0 Å². The zero-order valence-electron chi connectivity index (χ0n) is 21.6. The Bertz CT molecular complexity index is 1250. The largest absolute Gasteiger partial charge is 0.493 e. The molecule has 0 unspecified atom stereocenters. The van der Waals surface area contributed by atoms with Gasteiger partial charge in [-0.25, -0.2) is 9.78 Å². The second kappa shape index (κ2) is 13.0. The zero-order valence-corrected chi connectivity index (χ0v) is 22.3. The number of methoxy groups -OCH3 is 2. The predicted molar refractivity (Wildman–Crippen MR) is 147 cm³/mol. The maximum atomic E-state index is 13.0. The number of carbonyl (C=O) groups excluding carboxylic acids is 2. The summed E-state index contributed by atoms with van der Waals surface area (Å²) in [5.41, 5.74) is 2.52. The van der Waals surface area contributed by atoms with Gasteiger partial charge in [0.2, 0.25) is 0 Å². The van der Waals surface area contributed by atoms with Crippen molar-refractivity contribution in [2.45, 2.75) is 13.0 Å². The molecule has 1 aliphatic heterocycles. The van der Waals surface area contributed by atoms with Gasteiger partial charge in [0.15, 0.2) is 11.5 Å². The Hall–Kier alpha value is -3.98. The second-order valence-electron chi connectivity index (χ2n) is 8.83. The van der Waals surface area contributed by atoms with E-state index in [1.54, 1.807) is 49.6 Å². The van der Waals surface area contributed by atoms with Crippen LogP contribution in [-0.2, 0) is 13.0 Å². The third-order valence-corrected chi connectivity index (χ3v) is 6.65. The van der Waals surface area contributed by atoms with Crippen molar-refractivity contribution in [3.63, 3.8) is 0 Å². The van der Waals surface area contributed by atoms with Crippen molar-refractivity contribution in [1.82, 2.24) is 20.5 Å². The van der Waals surface area contributed by atoms with Crippen LogP contribution in [0.25, 0.3) is 0 Å². The summed E-state index contributed by atoms with van der Waals surface area (Å²) < 4.78 is 10.6. The van der Waals surface area contributed by atoms with Gasteiger partial charge in [-0.2, -0.15) is 0 Å². The lowest BCUT2D eigenvalue weighted by Crippen LogP contribution is -2.52. The summed E-state index contributed by atoms with van der Waals surface area (Å²) in [6.07, 6.45) is 2.33. The van der Waals surface area contributed by atoms with Crippen LogP contribution in [0, 0.1) is 0 Å². The highest BCUT2D eigenvalue weighted by molar-refractivity contribution is 6.30. The molecule has 38 heavy (non-hydrogen) atoms. The highest BCUT2D eigenvalue weighted by Gasteiger charge is 2.25. The lowest BCUT2D eigenvalue weighted by Gasteiger charge is -2.36.